The van der Waals surface area contributed by atoms with Gasteiger partial charge in [0.1, 0.15) is 30.3 Å². The molecule has 9 heteroatoms. The van der Waals surface area contributed by atoms with Gasteiger partial charge in [0.25, 0.3) is 11.8 Å². The monoisotopic (exact) mass is 572 g/mol. The summed E-state index contributed by atoms with van der Waals surface area (Å²) in [4.78, 5) is 39.4. The van der Waals surface area contributed by atoms with Crippen LogP contribution in [0.1, 0.15) is 16.7 Å². The molecule has 0 spiro atoms. The van der Waals surface area contributed by atoms with Gasteiger partial charge in [-0.2, -0.15) is 0 Å². The van der Waals surface area contributed by atoms with Gasteiger partial charge in [0.05, 0.1) is 5.69 Å². The maximum absolute atomic E-state index is 13.3. The smallest absolute Gasteiger partial charge is 0.335 e. The van der Waals surface area contributed by atoms with Crippen molar-refractivity contribution in [3.63, 3.8) is 0 Å². The third-order valence-corrected chi connectivity index (χ3v) is 6.61. The van der Waals surface area contributed by atoms with Crippen molar-refractivity contribution in [1.82, 2.24) is 5.32 Å². The van der Waals surface area contributed by atoms with E-state index >= 15 is 0 Å². The number of carbonyl (C=O) groups excluding carboxylic acids is 3. The molecule has 0 bridgehead atoms. The first kappa shape index (κ1) is 27.0. The van der Waals surface area contributed by atoms with Gasteiger partial charge >= 0.3 is 6.03 Å². The summed E-state index contributed by atoms with van der Waals surface area (Å²) < 4.78 is 11.6. The van der Waals surface area contributed by atoms with Crippen molar-refractivity contribution in [2.24, 2.45) is 0 Å². The first-order valence-corrected chi connectivity index (χ1v) is 13.0. The number of amides is 4. The van der Waals surface area contributed by atoms with Crippen molar-refractivity contribution >= 4 is 52.8 Å². The second-order valence-electron chi connectivity index (χ2n) is 8.82. The first-order chi connectivity index (χ1) is 19.4. The third-order valence-electron chi connectivity index (χ3n) is 6.02. The molecule has 0 saturated carbocycles. The number of nitrogens with one attached hydrogen (secondary N) is 1. The predicted octanol–water partition coefficient (Wildman–Crippen LogP) is 6.82. The van der Waals surface area contributed by atoms with Crippen molar-refractivity contribution in [1.29, 1.82) is 0 Å². The molecule has 1 heterocycles. The molecule has 40 heavy (non-hydrogen) atoms. The zero-order chi connectivity index (χ0) is 28.1. The fourth-order valence-corrected chi connectivity index (χ4v) is 4.45. The number of hydrogen-bond donors (Lipinski definition) is 1. The number of halogens is 2. The van der Waals surface area contributed by atoms with Crippen molar-refractivity contribution in [3.8, 4) is 11.5 Å². The van der Waals surface area contributed by atoms with E-state index in [2.05, 4.69) is 5.32 Å². The lowest BCUT2D eigenvalue weighted by atomic mass is 10.1. The number of barbiturate groups is 1. The molecule has 0 unspecified atom stereocenters. The van der Waals surface area contributed by atoms with Gasteiger partial charge in [-0.05, 0) is 65.7 Å². The highest BCUT2D eigenvalue weighted by Gasteiger charge is 2.36. The SMILES string of the molecule is O=C1NC(=O)N(c2ccc(OCc3ccc(Cl)cc3Cl)cc2)C(=O)/C1=C\c1cccc(OCc2ccccc2)c1. The van der Waals surface area contributed by atoms with Crippen LogP contribution in [0.25, 0.3) is 6.08 Å². The third kappa shape index (κ3) is 6.34. The van der Waals surface area contributed by atoms with Crippen LogP contribution in [0.4, 0.5) is 10.5 Å². The average Bonchev–Trinajstić information content (AvgIpc) is 2.95. The van der Waals surface area contributed by atoms with E-state index in [1.807, 2.05) is 30.3 Å². The zero-order valence-electron chi connectivity index (χ0n) is 21.0. The highest BCUT2D eigenvalue weighted by atomic mass is 35.5. The summed E-state index contributed by atoms with van der Waals surface area (Å²) in [5.74, 6) is -0.448. The van der Waals surface area contributed by atoms with Crippen molar-refractivity contribution < 1.29 is 23.9 Å². The standard InChI is InChI=1S/C31H22Cl2N2O5/c32-23-10-9-22(28(33)17-23)19-40-25-13-11-24(12-14-25)35-30(37)27(29(36)34-31(35)38)16-21-7-4-8-26(15-21)39-18-20-5-2-1-3-6-20/h1-17H,18-19H2,(H,34,36,38)/b27-16-. The van der Waals surface area contributed by atoms with Crippen molar-refractivity contribution in [2.75, 3.05) is 4.90 Å². The van der Waals surface area contributed by atoms with Crippen LogP contribution in [0.5, 0.6) is 11.5 Å². The number of anilines is 1. The Kier molecular flexibility index (Phi) is 8.15. The number of urea groups is 1. The van der Waals surface area contributed by atoms with Crippen LogP contribution in [-0.4, -0.2) is 17.8 Å². The summed E-state index contributed by atoms with van der Waals surface area (Å²) in [6, 6.07) is 27.3. The Morgan fingerprint density at radius 2 is 1.50 bits per heavy atom. The molecule has 0 aliphatic carbocycles. The minimum Gasteiger partial charge on any atom is -0.489 e. The lowest BCUT2D eigenvalue weighted by Crippen LogP contribution is -2.54. The van der Waals surface area contributed by atoms with E-state index in [1.165, 1.54) is 6.08 Å². The molecular formula is C31H22Cl2N2O5. The number of rotatable bonds is 8. The highest BCUT2D eigenvalue weighted by Crippen LogP contribution is 2.27. The maximum Gasteiger partial charge on any atom is 0.335 e. The van der Waals surface area contributed by atoms with E-state index < -0.39 is 17.8 Å². The zero-order valence-corrected chi connectivity index (χ0v) is 22.5. The lowest BCUT2D eigenvalue weighted by Gasteiger charge is -2.26. The first-order valence-electron chi connectivity index (χ1n) is 12.2. The molecule has 5 rings (SSSR count). The number of hydrogen-bond acceptors (Lipinski definition) is 5. The molecular weight excluding hydrogens is 551 g/mol. The number of imide groups is 2. The molecule has 1 aliphatic rings. The quantitative estimate of drug-likeness (QED) is 0.185. The summed E-state index contributed by atoms with van der Waals surface area (Å²) in [7, 11) is 0. The largest absolute Gasteiger partial charge is 0.489 e. The van der Waals surface area contributed by atoms with Crippen LogP contribution in [0.3, 0.4) is 0 Å². The predicted molar refractivity (Wildman–Crippen MR) is 153 cm³/mol. The minimum atomic E-state index is -0.839. The second kappa shape index (κ2) is 12.1. The molecule has 1 saturated heterocycles. The van der Waals surface area contributed by atoms with E-state index in [0.717, 1.165) is 16.0 Å². The molecule has 0 aromatic heterocycles. The fraction of sp³-hybridized carbons (Fsp3) is 0.0645. The Labute approximate surface area is 240 Å². The normalized spacial score (nSPS) is 14.3. The van der Waals surface area contributed by atoms with Crippen LogP contribution in [0.15, 0.2) is 103 Å². The van der Waals surface area contributed by atoms with Crippen LogP contribution >= 0.6 is 23.2 Å². The molecule has 1 N–H and O–H groups in total. The lowest BCUT2D eigenvalue weighted by molar-refractivity contribution is -0.122. The molecule has 4 aromatic carbocycles. The summed E-state index contributed by atoms with van der Waals surface area (Å²) in [6.45, 7) is 0.572. The fourth-order valence-electron chi connectivity index (χ4n) is 3.98. The van der Waals surface area contributed by atoms with E-state index in [-0.39, 0.29) is 17.9 Å². The van der Waals surface area contributed by atoms with Crippen LogP contribution in [-0.2, 0) is 22.8 Å². The Balaban J connectivity index is 1.30. The van der Waals surface area contributed by atoms with Gasteiger partial charge in [0.2, 0.25) is 0 Å². The molecule has 1 aliphatic heterocycles. The van der Waals surface area contributed by atoms with Gasteiger partial charge in [0.15, 0.2) is 0 Å². The average molecular weight is 573 g/mol. The topological polar surface area (TPSA) is 84.9 Å². The summed E-state index contributed by atoms with van der Waals surface area (Å²) >= 11 is 12.1. The second-order valence-corrected chi connectivity index (χ2v) is 9.67. The van der Waals surface area contributed by atoms with Gasteiger partial charge in [0, 0.05) is 15.6 Å². The Hall–Kier alpha value is -4.59. The van der Waals surface area contributed by atoms with E-state index in [1.54, 1.807) is 66.7 Å². The van der Waals surface area contributed by atoms with E-state index in [4.69, 9.17) is 32.7 Å². The Bertz CT molecular complexity index is 1600. The number of carbonyl (C=O) groups is 3. The maximum atomic E-state index is 13.3. The minimum absolute atomic E-state index is 0.183. The highest BCUT2D eigenvalue weighted by molar-refractivity contribution is 6.39. The Morgan fingerprint density at radius 3 is 2.25 bits per heavy atom. The summed E-state index contributed by atoms with van der Waals surface area (Å²) in [5, 5.41) is 3.24. The van der Waals surface area contributed by atoms with Gasteiger partial charge in [-0.25, -0.2) is 9.69 Å². The van der Waals surface area contributed by atoms with Gasteiger partial charge in [-0.1, -0.05) is 71.7 Å². The summed E-state index contributed by atoms with van der Waals surface area (Å²) in [6.07, 6.45) is 1.43. The Morgan fingerprint density at radius 1 is 0.750 bits per heavy atom. The van der Waals surface area contributed by atoms with Crippen molar-refractivity contribution in [2.45, 2.75) is 13.2 Å². The number of nitrogens with zero attached hydrogens (tertiary/aromatic N) is 1. The van der Waals surface area contributed by atoms with Crippen LogP contribution in [0.2, 0.25) is 10.0 Å². The van der Waals surface area contributed by atoms with Gasteiger partial charge < -0.3 is 9.47 Å². The van der Waals surface area contributed by atoms with Crippen molar-refractivity contribution in [3.05, 3.63) is 129 Å². The molecule has 4 aromatic rings. The number of ether oxygens (including phenoxy) is 2. The molecule has 200 valence electrons. The molecule has 0 radical (unpaired) electrons. The molecule has 0 atom stereocenters. The molecule has 4 amide bonds. The molecule has 1 fully saturated rings. The van der Waals surface area contributed by atoms with Gasteiger partial charge in [-0.15, -0.1) is 0 Å². The van der Waals surface area contributed by atoms with Crippen LogP contribution in [0, 0.1) is 0 Å². The van der Waals surface area contributed by atoms with Crippen LogP contribution < -0.4 is 19.7 Å². The summed E-state index contributed by atoms with van der Waals surface area (Å²) in [5.41, 5.74) is 2.43. The molecule has 7 nitrogen and oxygen atoms in total. The van der Waals surface area contributed by atoms with E-state index in [0.29, 0.717) is 33.7 Å². The van der Waals surface area contributed by atoms with E-state index in [9.17, 15) is 14.4 Å². The number of benzene rings is 4. The van der Waals surface area contributed by atoms with Gasteiger partial charge in [-0.3, -0.25) is 14.9 Å².